The van der Waals surface area contributed by atoms with Gasteiger partial charge in [-0.05, 0) is 38.5 Å². The maximum Gasteiger partial charge on any atom is 0.0344 e. The largest absolute Gasteiger partial charge is 0.383 e. The Morgan fingerprint density at radius 3 is 2.64 bits per heavy atom. The molecular weight excluding hydrogens is 134 g/mol. The van der Waals surface area contributed by atoms with E-state index in [1.165, 1.54) is 0 Å². The number of rotatable bonds is 2. The molecule has 0 aliphatic heterocycles. The van der Waals surface area contributed by atoms with Gasteiger partial charge in [0.05, 0.1) is 0 Å². The Morgan fingerprint density at radius 1 is 1.36 bits per heavy atom. The summed E-state index contributed by atoms with van der Waals surface area (Å²) < 4.78 is 0. The van der Waals surface area contributed by atoms with Crippen molar-refractivity contribution in [1.82, 2.24) is 0 Å². The number of hydrogen-bond acceptors (Lipinski definition) is 1. The monoisotopic (exact) mass is 148 g/mol. The SMILES string of the molecule is [CH2]c1cccc(NC(C)C)c1. The first-order chi connectivity index (χ1) is 5.18. The third-order valence-electron chi connectivity index (χ3n) is 1.38. The Labute approximate surface area is 68.4 Å². The summed E-state index contributed by atoms with van der Waals surface area (Å²) in [6.45, 7) is 8.09. The minimum Gasteiger partial charge on any atom is -0.383 e. The van der Waals surface area contributed by atoms with E-state index in [1.807, 2.05) is 18.2 Å². The van der Waals surface area contributed by atoms with Crippen molar-refractivity contribution in [3.8, 4) is 0 Å². The Bertz CT molecular complexity index is 228. The molecule has 11 heavy (non-hydrogen) atoms. The smallest absolute Gasteiger partial charge is 0.0344 e. The van der Waals surface area contributed by atoms with Gasteiger partial charge in [0.2, 0.25) is 0 Å². The molecule has 1 nitrogen and oxygen atoms in total. The molecule has 1 heteroatoms. The minimum absolute atomic E-state index is 0.483. The van der Waals surface area contributed by atoms with Gasteiger partial charge in [-0.2, -0.15) is 0 Å². The summed E-state index contributed by atoms with van der Waals surface area (Å²) in [5, 5.41) is 3.31. The molecule has 0 heterocycles. The van der Waals surface area contributed by atoms with Crippen molar-refractivity contribution in [2.24, 2.45) is 0 Å². The van der Waals surface area contributed by atoms with E-state index in [0.29, 0.717) is 6.04 Å². The summed E-state index contributed by atoms with van der Waals surface area (Å²) in [6.07, 6.45) is 0. The van der Waals surface area contributed by atoms with Crippen molar-refractivity contribution in [2.45, 2.75) is 19.9 Å². The topological polar surface area (TPSA) is 12.0 Å². The molecular formula is C10H14N. The van der Waals surface area contributed by atoms with Gasteiger partial charge in [-0.25, -0.2) is 0 Å². The van der Waals surface area contributed by atoms with Crippen LogP contribution in [0.3, 0.4) is 0 Å². The molecule has 1 N–H and O–H groups in total. The Kier molecular flexibility index (Phi) is 2.53. The highest BCUT2D eigenvalue weighted by Gasteiger charge is 1.93. The predicted octanol–water partition coefficient (Wildman–Crippen LogP) is 2.69. The van der Waals surface area contributed by atoms with Gasteiger partial charge >= 0.3 is 0 Å². The van der Waals surface area contributed by atoms with Crippen LogP contribution >= 0.6 is 0 Å². The van der Waals surface area contributed by atoms with Crippen LogP contribution in [0.4, 0.5) is 5.69 Å². The highest BCUT2D eigenvalue weighted by atomic mass is 14.9. The number of nitrogens with one attached hydrogen (secondary N) is 1. The summed E-state index contributed by atoms with van der Waals surface area (Å²) in [5.41, 5.74) is 2.20. The molecule has 0 aliphatic carbocycles. The Balaban J connectivity index is 2.71. The van der Waals surface area contributed by atoms with Gasteiger partial charge in [0.1, 0.15) is 0 Å². The standard InChI is InChI=1S/C10H14N/c1-8(2)11-10-6-4-5-9(3)7-10/h4-8,11H,3H2,1-2H3. The van der Waals surface area contributed by atoms with Crippen LogP contribution in [0.2, 0.25) is 0 Å². The van der Waals surface area contributed by atoms with Crippen molar-refractivity contribution < 1.29 is 0 Å². The van der Waals surface area contributed by atoms with Crippen molar-refractivity contribution in [2.75, 3.05) is 5.32 Å². The molecule has 1 rings (SSSR count). The normalized spacial score (nSPS) is 10.2. The molecule has 0 unspecified atom stereocenters. The van der Waals surface area contributed by atoms with Gasteiger partial charge in [-0.1, -0.05) is 12.1 Å². The Hall–Kier alpha value is -0.980. The van der Waals surface area contributed by atoms with Crippen LogP contribution in [0.1, 0.15) is 19.4 Å². The first-order valence-electron chi connectivity index (χ1n) is 3.87. The number of hydrogen-bond donors (Lipinski definition) is 1. The van der Waals surface area contributed by atoms with Gasteiger partial charge in [0, 0.05) is 11.7 Å². The van der Waals surface area contributed by atoms with Gasteiger partial charge in [-0.15, -0.1) is 0 Å². The molecule has 0 fully saturated rings. The zero-order valence-electron chi connectivity index (χ0n) is 7.09. The van der Waals surface area contributed by atoms with Crippen LogP contribution < -0.4 is 5.32 Å². The van der Waals surface area contributed by atoms with Crippen LogP contribution in [-0.2, 0) is 0 Å². The van der Waals surface area contributed by atoms with Crippen LogP contribution in [-0.4, -0.2) is 6.04 Å². The zero-order chi connectivity index (χ0) is 8.27. The summed E-state index contributed by atoms with van der Waals surface area (Å²) in [5.74, 6) is 0. The van der Waals surface area contributed by atoms with E-state index in [4.69, 9.17) is 0 Å². The molecule has 0 aliphatic rings. The molecule has 0 atom stereocenters. The van der Waals surface area contributed by atoms with Crippen molar-refractivity contribution >= 4 is 5.69 Å². The van der Waals surface area contributed by atoms with E-state index in [-0.39, 0.29) is 0 Å². The molecule has 1 radical (unpaired) electrons. The summed E-state index contributed by atoms with van der Waals surface area (Å²) in [7, 11) is 0. The van der Waals surface area contributed by atoms with Gasteiger partial charge in [-0.3, -0.25) is 0 Å². The zero-order valence-corrected chi connectivity index (χ0v) is 7.09. The van der Waals surface area contributed by atoms with E-state index in [1.54, 1.807) is 0 Å². The fourth-order valence-electron chi connectivity index (χ4n) is 0.994. The lowest BCUT2D eigenvalue weighted by atomic mass is 10.2. The summed E-state index contributed by atoms with van der Waals surface area (Å²) in [4.78, 5) is 0. The quantitative estimate of drug-likeness (QED) is 0.680. The fourth-order valence-corrected chi connectivity index (χ4v) is 0.994. The van der Waals surface area contributed by atoms with Crippen molar-refractivity contribution in [3.05, 3.63) is 36.8 Å². The van der Waals surface area contributed by atoms with Crippen LogP contribution in [0, 0.1) is 6.92 Å². The molecule has 0 saturated heterocycles. The average molecular weight is 148 g/mol. The lowest BCUT2D eigenvalue weighted by molar-refractivity contribution is 0.899. The number of benzene rings is 1. The highest BCUT2D eigenvalue weighted by molar-refractivity contribution is 5.46. The highest BCUT2D eigenvalue weighted by Crippen LogP contribution is 2.10. The maximum absolute atomic E-state index is 3.85. The molecule has 1 aromatic carbocycles. The van der Waals surface area contributed by atoms with E-state index in [9.17, 15) is 0 Å². The molecule has 0 saturated carbocycles. The minimum atomic E-state index is 0.483. The van der Waals surface area contributed by atoms with Crippen LogP contribution in [0.25, 0.3) is 0 Å². The second-order valence-electron chi connectivity index (χ2n) is 3.00. The predicted molar refractivity (Wildman–Crippen MR) is 49.7 cm³/mol. The van der Waals surface area contributed by atoms with E-state index >= 15 is 0 Å². The molecule has 59 valence electrons. The van der Waals surface area contributed by atoms with E-state index < -0.39 is 0 Å². The van der Waals surface area contributed by atoms with Crippen LogP contribution in [0.5, 0.6) is 0 Å². The second kappa shape index (κ2) is 3.42. The second-order valence-corrected chi connectivity index (χ2v) is 3.00. The van der Waals surface area contributed by atoms with Gasteiger partial charge in [0.25, 0.3) is 0 Å². The lowest BCUT2D eigenvalue weighted by Crippen LogP contribution is -2.09. The third-order valence-corrected chi connectivity index (χ3v) is 1.38. The summed E-state index contributed by atoms with van der Waals surface area (Å²) >= 11 is 0. The first kappa shape index (κ1) is 8.12. The molecule has 0 aromatic heterocycles. The van der Waals surface area contributed by atoms with E-state index in [2.05, 4.69) is 32.2 Å². The molecule has 0 spiro atoms. The Morgan fingerprint density at radius 2 is 2.09 bits per heavy atom. The van der Waals surface area contributed by atoms with Crippen molar-refractivity contribution in [1.29, 1.82) is 0 Å². The first-order valence-corrected chi connectivity index (χ1v) is 3.87. The number of anilines is 1. The van der Waals surface area contributed by atoms with Crippen LogP contribution in [0.15, 0.2) is 24.3 Å². The third kappa shape index (κ3) is 2.62. The maximum atomic E-state index is 3.85. The molecule has 1 aromatic rings. The van der Waals surface area contributed by atoms with Crippen molar-refractivity contribution in [3.63, 3.8) is 0 Å². The average Bonchev–Trinajstić information content (AvgIpc) is 1.85. The van der Waals surface area contributed by atoms with Gasteiger partial charge < -0.3 is 5.32 Å². The van der Waals surface area contributed by atoms with Gasteiger partial charge in [0.15, 0.2) is 0 Å². The summed E-state index contributed by atoms with van der Waals surface area (Å²) in [6, 6.07) is 8.57. The fraction of sp³-hybridized carbons (Fsp3) is 0.300. The van der Waals surface area contributed by atoms with E-state index in [0.717, 1.165) is 11.3 Å². The molecule has 0 amide bonds. The molecule has 0 bridgehead atoms. The lowest BCUT2D eigenvalue weighted by Gasteiger charge is -2.09.